The maximum Gasteiger partial charge on any atom is 0.0913 e. The summed E-state index contributed by atoms with van der Waals surface area (Å²) < 4.78 is 5.59. The fourth-order valence-corrected chi connectivity index (χ4v) is 3.27. The van der Waals surface area contributed by atoms with Gasteiger partial charge in [0.2, 0.25) is 0 Å². The maximum atomic E-state index is 5.59. The molecule has 1 saturated heterocycles. The molecule has 1 heteroatoms. The van der Waals surface area contributed by atoms with E-state index in [0.29, 0.717) is 12.2 Å². The molecule has 4 aliphatic rings. The highest BCUT2D eigenvalue weighted by atomic mass is 16.6. The monoisotopic (exact) mass is 146 g/mol. The van der Waals surface area contributed by atoms with Crippen LogP contribution in [-0.2, 0) is 4.74 Å². The van der Waals surface area contributed by atoms with E-state index in [0.717, 1.165) is 23.7 Å². The summed E-state index contributed by atoms with van der Waals surface area (Å²) >= 11 is 0. The standard InChI is InChI=1S/C10H10O/c1-3-6-8-5(1)2-4-7(8)10-9(6)11-10/h1-10H. The minimum Gasteiger partial charge on any atom is -0.368 e. The van der Waals surface area contributed by atoms with Gasteiger partial charge in [-0.05, 0) is 11.8 Å². The van der Waals surface area contributed by atoms with Crippen molar-refractivity contribution in [3.63, 3.8) is 0 Å². The van der Waals surface area contributed by atoms with Crippen LogP contribution in [0.3, 0.4) is 0 Å². The van der Waals surface area contributed by atoms with Gasteiger partial charge in [0.1, 0.15) is 0 Å². The lowest BCUT2D eigenvalue weighted by Crippen LogP contribution is -2.16. The Kier molecular flexibility index (Phi) is 0.625. The number of allylic oxidation sites excluding steroid dienone is 2. The van der Waals surface area contributed by atoms with Gasteiger partial charge < -0.3 is 4.74 Å². The van der Waals surface area contributed by atoms with Gasteiger partial charge in [-0.3, -0.25) is 0 Å². The molecule has 0 aromatic carbocycles. The Hall–Kier alpha value is -0.560. The molecule has 0 amide bonds. The molecule has 56 valence electrons. The van der Waals surface area contributed by atoms with E-state index < -0.39 is 0 Å². The zero-order valence-electron chi connectivity index (χ0n) is 6.18. The minimum absolute atomic E-state index is 0.608. The molecule has 1 nitrogen and oxygen atoms in total. The normalized spacial score (nSPS) is 66.9. The van der Waals surface area contributed by atoms with Crippen LogP contribution in [0.4, 0.5) is 0 Å². The van der Waals surface area contributed by atoms with Crippen LogP contribution in [0.15, 0.2) is 24.3 Å². The van der Waals surface area contributed by atoms with E-state index in [-0.39, 0.29) is 0 Å². The third kappa shape index (κ3) is 0.416. The summed E-state index contributed by atoms with van der Waals surface area (Å²) in [4.78, 5) is 0. The van der Waals surface area contributed by atoms with Gasteiger partial charge in [-0.1, -0.05) is 24.3 Å². The van der Waals surface area contributed by atoms with Gasteiger partial charge in [0.15, 0.2) is 0 Å². The smallest absolute Gasteiger partial charge is 0.0913 e. The third-order valence-corrected chi connectivity index (χ3v) is 3.76. The molecule has 4 rings (SSSR count). The van der Waals surface area contributed by atoms with Crippen LogP contribution in [-0.4, -0.2) is 12.2 Å². The topological polar surface area (TPSA) is 12.5 Å². The van der Waals surface area contributed by atoms with Crippen molar-refractivity contribution in [2.75, 3.05) is 0 Å². The summed E-state index contributed by atoms with van der Waals surface area (Å²) in [6.45, 7) is 0. The zero-order chi connectivity index (χ0) is 7.00. The average molecular weight is 146 g/mol. The van der Waals surface area contributed by atoms with Crippen LogP contribution >= 0.6 is 0 Å². The van der Waals surface area contributed by atoms with Crippen molar-refractivity contribution in [2.24, 2.45) is 23.7 Å². The molecule has 11 heavy (non-hydrogen) atoms. The molecule has 4 unspecified atom stereocenters. The van der Waals surface area contributed by atoms with E-state index in [4.69, 9.17) is 4.74 Å². The second-order valence-electron chi connectivity index (χ2n) is 4.14. The van der Waals surface area contributed by atoms with Crippen molar-refractivity contribution in [3.8, 4) is 0 Å². The first kappa shape index (κ1) is 5.15. The van der Waals surface area contributed by atoms with Crippen LogP contribution < -0.4 is 0 Å². The average Bonchev–Trinajstić information content (AvgIpc) is 2.49. The Bertz CT molecular complexity index is 253. The van der Waals surface area contributed by atoms with E-state index in [1.165, 1.54) is 0 Å². The SMILES string of the molecule is C1=CC2C3OC3C3C=CC1C23. The van der Waals surface area contributed by atoms with Crippen molar-refractivity contribution < 1.29 is 4.74 Å². The van der Waals surface area contributed by atoms with E-state index in [9.17, 15) is 0 Å². The van der Waals surface area contributed by atoms with E-state index in [2.05, 4.69) is 24.3 Å². The first-order chi connectivity index (χ1) is 5.45. The van der Waals surface area contributed by atoms with Gasteiger partial charge in [-0.2, -0.15) is 0 Å². The number of fused-ring (bicyclic) bond motifs is 3. The molecule has 0 aromatic rings. The fourth-order valence-electron chi connectivity index (χ4n) is 3.27. The molecule has 0 aromatic heterocycles. The number of rotatable bonds is 0. The van der Waals surface area contributed by atoms with Crippen LogP contribution in [0.5, 0.6) is 0 Å². The summed E-state index contributed by atoms with van der Waals surface area (Å²) in [5.74, 6) is 3.20. The molecule has 0 N–H and O–H groups in total. The van der Waals surface area contributed by atoms with Gasteiger partial charge in [0.05, 0.1) is 12.2 Å². The minimum atomic E-state index is 0.608. The molecular formula is C10H10O. The lowest BCUT2D eigenvalue weighted by molar-refractivity contribution is 0.197. The summed E-state index contributed by atoms with van der Waals surface area (Å²) in [6, 6.07) is 0. The molecule has 1 aliphatic heterocycles. The number of hydrogen-bond acceptors (Lipinski definition) is 1. The Morgan fingerprint density at radius 1 is 0.818 bits per heavy atom. The molecular weight excluding hydrogens is 136 g/mol. The second kappa shape index (κ2) is 1.34. The van der Waals surface area contributed by atoms with Crippen LogP contribution in [0.25, 0.3) is 0 Å². The van der Waals surface area contributed by atoms with E-state index in [1.54, 1.807) is 0 Å². The van der Waals surface area contributed by atoms with E-state index in [1.807, 2.05) is 0 Å². The first-order valence-corrected chi connectivity index (χ1v) is 4.47. The van der Waals surface area contributed by atoms with Crippen molar-refractivity contribution in [2.45, 2.75) is 12.2 Å². The van der Waals surface area contributed by atoms with Gasteiger partial charge >= 0.3 is 0 Å². The van der Waals surface area contributed by atoms with Crippen LogP contribution in [0.1, 0.15) is 0 Å². The maximum absolute atomic E-state index is 5.59. The van der Waals surface area contributed by atoms with Crippen LogP contribution in [0.2, 0.25) is 0 Å². The number of hydrogen-bond donors (Lipinski definition) is 0. The Balaban J connectivity index is 1.92. The zero-order valence-corrected chi connectivity index (χ0v) is 6.18. The highest BCUT2D eigenvalue weighted by Gasteiger charge is 2.63. The first-order valence-electron chi connectivity index (χ1n) is 4.47. The summed E-state index contributed by atoms with van der Waals surface area (Å²) in [7, 11) is 0. The van der Waals surface area contributed by atoms with Gasteiger partial charge in [-0.15, -0.1) is 0 Å². The van der Waals surface area contributed by atoms with Gasteiger partial charge in [0.25, 0.3) is 0 Å². The predicted octanol–water partition coefficient (Wildman–Crippen LogP) is 1.37. The van der Waals surface area contributed by atoms with Crippen molar-refractivity contribution in [3.05, 3.63) is 24.3 Å². The quantitative estimate of drug-likeness (QED) is 0.371. The molecule has 0 radical (unpaired) electrons. The Morgan fingerprint density at radius 3 is 2.09 bits per heavy atom. The van der Waals surface area contributed by atoms with Crippen LogP contribution in [0, 0.1) is 23.7 Å². The fraction of sp³-hybridized carbons (Fsp3) is 0.600. The molecule has 3 aliphatic carbocycles. The molecule has 0 spiro atoms. The molecule has 4 atom stereocenters. The highest BCUT2D eigenvalue weighted by molar-refractivity contribution is 5.31. The molecule has 1 saturated carbocycles. The molecule has 2 fully saturated rings. The lowest BCUT2D eigenvalue weighted by Gasteiger charge is -2.17. The number of epoxide rings is 1. The Morgan fingerprint density at radius 2 is 1.45 bits per heavy atom. The van der Waals surface area contributed by atoms with E-state index >= 15 is 0 Å². The predicted molar refractivity (Wildman–Crippen MR) is 40.9 cm³/mol. The summed E-state index contributed by atoms with van der Waals surface area (Å²) in [5.41, 5.74) is 0. The Labute approximate surface area is 65.7 Å². The highest BCUT2D eigenvalue weighted by Crippen LogP contribution is 2.60. The molecule has 0 bridgehead atoms. The van der Waals surface area contributed by atoms with Crippen molar-refractivity contribution in [1.82, 2.24) is 0 Å². The summed E-state index contributed by atoms with van der Waals surface area (Å²) in [6.07, 6.45) is 10.7. The largest absolute Gasteiger partial charge is 0.368 e. The second-order valence-corrected chi connectivity index (χ2v) is 4.14. The molecule has 1 heterocycles. The van der Waals surface area contributed by atoms with Crippen molar-refractivity contribution in [1.29, 1.82) is 0 Å². The van der Waals surface area contributed by atoms with Gasteiger partial charge in [-0.25, -0.2) is 0 Å². The van der Waals surface area contributed by atoms with Gasteiger partial charge in [0, 0.05) is 11.8 Å². The van der Waals surface area contributed by atoms with Crippen molar-refractivity contribution >= 4 is 0 Å². The lowest BCUT2D eigenvalue weighted by atomic mass is 9.89. The summed E-state index contributed by atoms with van der Waals surface area (Å²) in [5, 5.41) is 0. The number of ether oxygens (including phenoxy) is 1. The third-order valence-electron chi connectivity index (χ3n) is 3.76.